The van der Waals surface area contributed by atoms with E-state index >= 15 is 0 Å². The normalized spacial score (nSPS) is 14.1. The van der Waals surface area contributed by atoms with Gasteiger partial charge >= 0.3 is 0 Å². The van der Waals surface area contributed by atoms with E-state index in [4.69, 9.17) is 9.15 Å². The zero-order valence-corrected chi connectivity index (χ0v) is 21.0. The first-order valence-corrected chi connectivity index (χ1v) is 13.1. The number of morpholine rings is 1. The third kappa shape index (κ3) is 6.24. The highest BCUT2D eigenvalue weighted by molar-refractivity contribution is 7.98. The van der Waals surface area contributed by atoms with Gasteiger partial charge in [0.15, 0.2) is 16.7 Å². The van der Waals surface area contributed by atoms with Gasteiger partial charge in [-0.15, -0.1) is 10.2 Å². The van der Waals surface area contributed by atoms with Crippen LogP contribution in [0.2, 0.25) is 0 Å². The molecular weight excluding hydrogens is 495 g/mol. The van der Waals surface area contributed by atoms with Crippen molar-refractivity contribution in [1.29, 1.82) is 0 Å². The van der Waals surface area contributed by atoms with Crippen LogP contribution >= 0.6 is 11.8 Å². The molecule has 11 heteroatoms. The summed E-state index contributed by atoms with van der Waals surface area (Å²) in [6.07, 6.45) is 2.20. The summed E-state index contributed by atoms with van der Waals surface area (Å²) < 4.78 is 27.3. The van der Waals surface area contributed by atoms with E-state index in [1.165, 1.54) is 24.1 Å². The third-order valence-electron chi connectivity index (χ3n) is 5.91. The molecule has 1 aliphatic rings. The van der Waals surface area contributed by atoms with Gasteiger partial charge in [0, 0.05) is 25.2 Å². The van der Waals surface area contributed by atoms with Crippen molar-refractivity contribution >= 4 is 17.7 Å². The predicted octanol–water partition coefficient (Wildman–Crippen LogP) is 3.81. The maximum Gasteiger partial charge on any atom is 0.273 e. The summed E-state index contributed by atoms with van der Waals surface area (Å²) in [6.45, 7) is 4.84. The molecule has 0 unspecified atom stereocenters. The molecule has 1 aliphatic heterocycles. The molecular formula is C26H27FN6O3S. The Morgan fingerprint density at radius 2 is 1.84 bits per heavy atom. The SMILES string of the molecule is O=C(NCCCN1CCOCC1)c1coc(CSc2nnc(-c3ccccc3)n2-c2ccccc2F)n1. The molecule has 1 amide bonds. The molecule has 192 valence electrons. The highest BCUT2D eigenvalue weighted by Crippen LogP contribution is 2.30. The van der Waals surface area contributed by atoms with E-state index in [0.29, 0.717) is 34.9 Å². The zero-order valence-electron chi connectivity index (χ0n) is 20.2. The van der Waals surface area contributed by atoms with Crippen LogP contribution in [0.15, 0.2) is 70.4 Å². The van der Waals surface area contributed by atoms with Gasteiger partial charge in [0.2, 0.25) is 5.89 Å². The molecule has 2 aromatic carbocycles. The first-order valence-electron chi connectivity index (χ1n) is 12.1. The van der Waals surface area contributed by atoms with E-state index < -0.39 is 0 Å². The lowest BCUT2D eigenvalue weighted by molar-refractivity contribution is 0.0374. The largest absolute Gasteiger partial charge is 0.447 e. The van der Waals surface area contributed by atoms with Gasteiger partial charge < -0.3 is 14.5 Å². The molecule has 0 saturated carbocycles. The van der Waals surface area contributed by atoms with Crippen molar-refractivity contribution in [2.75, 3.05) is 39.4 Å². The molecule has 1 saturated heterocycles. The van der Waals surface area contributed by atoms with Crippen molar-refractivity contribution in [3.05, 3.63) is 78.3 Å². The quantitative estimate of drug-likeness (QED) is 0.248. The maximum absolute atomic E-state index is 14.7. The van der Waals surface area contributed by atoms with Crippen LogP contribution in [0.4, 0.5) is 4.39 Å². The van der Waals surface area contributed by atoms with Crippen molar-refractivity contribution in [3.63, 3.8) is 0 Å². The number of carbonyl (C=O) groups excluding carboxylic acids is 1. The fraction of sp³-hybridized carbons (Fsp3) is 0.308. The molecule has 1 N–H and O–H groups in total. The van der Waals surface area contributed by atoms with Gasteiger partial charge in [-0.2, -0.15) is 0 Å². The van der Waals surface area contributed by atoms with Gasteiger partial charge in [-0.05, 0) is 25.1 Å². The molecule has 0 spiro atoms. The second-order valence-corrected chi connectivity index (χ2v) is 9.38. The van der Waals surface area contributed by atoms with Crippen molar-refractivity contribution < 1.29 is 18.3 Å². The minimum Gasteiger partial charge on any atom is -0.447 e. The fourth-order valence-electron chi connectivity index (χ4n) is 4.02. The minimum atomic E-state index is -0.384. The Kier molecular flexibility index (Phi) is 8.24. The molecule has 1 fully saturated rings. The van der Waals surface area contributed by atoms with Crippen LogP contribution in [-0.2, 0) is 10.5 Å². The van der Waals surface area contributed by atoms with Crippen LogP contribution < -0.4 is 5.32 Å². The molecule has 0 aliphatic carbocycles. The predicted molar refractivity (Wildman–Crippen MR) is 137 cm³/mol. The number of hydrogen-bond acceptors (Lipinski definition) is 8. The first-order chi connectivity index (χ1) is 18.2. The summed E-state index contributed by atoms with van der Waals surface area (Å²) in [6, 6.07) is 16.0. The number of amides is 1. The molecule has 2 aromatic heterocycles. The fourth-order valence-corrected chi connectivity index (χ4v) is 4.81. The second-order valence-electron chi connectivity index (χ2n) is 8.44. The average Bonchev–Trinajstić information content (AvgIpc) is 3.59. The van der Waals surface area contributed by atoms with Crippen LogP contribution in [0, 0.1) is 5.82 Å². The standard InChI is InChI=1S/C26H27FN6O3S/c27-20-9-4-5-10-22(20)33-24(19-7-2-1-3-8-19)30-31-26(33)37-18-23-29-21(17-36-23)25(34)28-11-6-12-32-13-15-35-16-14-32/h1-5,7-10,17H,6,11-16,18H2,(H,28,34). The molecule has 0 radical (unpaired) electrons. The lowest BCUT2D eigenvalue weighted by atomic mass is 10.2. The molecule has 37 heavy (non-hydrogen) atoms. The lowest BCUT2D eigenvalue weighted by Gasteiger charge is -2.26. The second kappa shape index (κ2) is 12.1. The molecule has 0 bridgehead atoms. The number of nitrogens with one attached hydrogen (secondary N) is 1. The van der Waals surface area contributed by atoms with E-state index in [-0.39, 0.29) is 17.4 Å². The van der Waals surface area contributed by atoms with Crippen LogP contribution in [0.1, 0.15) is 22.8 Å². The zero-order chi connectivity index (χ0) is 25.5. The number of benzene rings is 2. The summed E-state index contributed by atoms with van der Waals surface area (Å²) in [5.74, 6) is 0.532. The Labute approximate surface area is 218 Å². The number of hydrogen-bond donors (Lipinski definition) is 1. The highest BCUT2D eigenvalue weighted by Gasteiger charge is 2.20. The Balaban J connectivity index is 1.22. The van der Waals surface area contributed by atoms with Gasteiger partial charge in [-0.3, -0.25) is 14.3 Å². The number of carbonyl (C=O) groups is 1. The summed E-state index contributed by atoms with van der Waals surface area (Å²) in [5.41, 5.74) is 1.38. The van der Waals surface area contributed by atoms with Crippen molar-refractivity contribution in [2.24, 2.45) is 0 Å². The topological polar surface area (TPSA) is 98.3 Å². The Morgan fingerprint density at radius 3 is 2.65 bits per heavy atom. The van der Waals surface area contributed by atoms with Crippen LogP contribution in [0.5, 0.6) is 0 Å². The first kappa shape index (κ1) is 25.1. The number of para-hydroxylation sites is 1. The molecule has 0 atom stereocenters. The molecule has 9 nitrogen and oxygen atoms in total. The number of rotatable bonds is 10. The van der Waals surface area contributed by atoms with E-state index in [1.807, 2.05) is 30.3 Å². The number of aromatic nitrogens is 4. The molecule has 4 aromatic rings. The van der Waals surface area contributed by atoms with Crippen LogP contribution in [0.25, 0.3) is 17.1 Å². The van der Waals surface area contributed by atoms with Gasteiger partial charge in [0.1, 0.15) is 12.1 Å². The van der Waals surface area contributed by atoms with E-state index in [0.717, 1.165) is 44.8 Å². The van der Waals surface area contributed by atoms with Crippen molar-refractivity contribution in [1.82, 2.24) is 30.0 Å². The number of oxazole rings is 1. The lowest BCUT2D eigenvalue weighted by Crippen LogP contribution is -2.38. The molecule has 3 heterocycles. The van der Waals surface area contributed by atoms with Crippen LogP contribution in [0.3, 0.4) is 0 Å². The van der Waals surface area contributed by atoms with E-state index in [1.54, 1.807) is 22.8 Å². The summed E-state index contributed by atoms with van der Waals surface area (Å²) in [5, 5.41) is 12.0. The number of halogens is 1. The van der Waals surface area contributed by atoms with Crippen molar-refractivity contribution in [2.45, 2.75) is 17.3 Å². The van der Waals surface area contributed by atoms with E-state index in [2.05, 4.69) is 25.4 Å². The number of ether oxygens (including phenoxy) is 1. The van der Waals surface area contributed by atoms with Gasteiger partial charge in [-0.1, -0.05) is 54.2 Å². The average molecular weight is 523 g/mol. The summed E-state index contributed by atoms with van der Waals surface area (Å²) in [4.78, 5) is 19.1. The smallest absolute Gasteiger partial charge is 0.273 e. The summed E-state index contributed by atoms with van der Waals surface area (Å²) in [7, 11) is 0. The Bertz CT molecular complexity index is 1320. The van der Waals surface area contributed by atoms with Crippen LogP contribution in [-0.4, -0.2) is 69.9 Å². The Hall–Kier alpha value is -3.54. The van der Waals surface area contributed by atoms with Crippen molar-refractivity contribution in [3.8, 4) is 17.1 Å². The highest BCUT2D eigenvalue weighted by atomic mass is 32.2. The monoisotopic (exact) mass is 522 g/mol. The van der Waals surface area contributed by atoms with Gasteiger partial charge in [-0.25, -0.2) is 9.37 Å². The third-order valence-corrected chi connectivity index (χ3v) is 6.82. The number of nitrogens with zero attached hydrogens (tertiary/aromatic N) is 5. The Morgan fingerprint density at radius 1 is 1.05 bits per heavy atom. The maximum atomic E-state index is 14.7. The van der Waals surface area contributed by atoms with Gasteiger partial charge in [0.25, 0.3) is 5.91 Å². The number of thioether (sulfide) groups is 1. The van der Waals surface area contributed by atoms with Gasteiger partial charge in [0.05, 0.1) is 24.7 Å². The summed E-state index contributed by atoms with van der Waals surface area (Å²) >= 11 is 1.30. The minimum absolute atomic E-state index is 0.225. The molecule has 5 rings (SSSR count). The van der Waals surface area contributed by atoms with E-state index in [9.17, 15) is 9.18 Å².